The van der Waals surface area contributed by atoms with Gasteiger partial charge >= 0.3 is 5.97 Å². The minimum Gasteiger partial charge on any atom is -0.475 e. The van der Waals surface area contributed by atoms with Gasteiger partial charge in [0, 0.05) is 5.56 Å². The third-order valence-corrected chi connectivity index (χ3v) is 4.21. The molecule has 0 saturated carbocycles. The van der Waals surface area contributed by atoms with Crippen LogP contribution in [-0.4, -0.2) is 29.6 Å². The zero-order valence-electron chi connectivity index (χ0n) is 14.1. The lowest BCUT2D eigenvalue weighted by atomic mass is 10.0. The van der Waals surface area contributed by atoms with Gasteiger partial charge in [-0.1, -0.05) is 37.3 Å². The predicted octanol–water partition coefficient (Wildman–Crippen LogP) is 2.64. The van der Waals surface area contributed by atoms with Crippen molar-refractivity contribution in [1.29, 1.82) is 0 Å². The number of pyridine rings is 1. The molecule has 0 bridgehead atoms. The fourth-order valence-electron chi connectivity index (χ4n) is 2.61. The number of aryl methyl sites for hydroxylation is 1. The summed E-state index contributed by atoms with van der Waals surface area (Å²) in [4.78, 5) is 16.2. The summed E-state index contributed by atoms with van der Waals surface area (Å²) in [5.41, 5.74) is 1.36. The molecule has 0 aliphatic carbocycles. The summed E-state index contributed by atoms with van der Waals surface area (Å²) >= 11 is 0. The summed E-state index contributed by atoms with van der Waals surface area (Å²) < 4.78 is 24.7. The van der Waals surface area contributed by atoms with E-state index in [4.69, 9.17) is 9.47 Å². The zero-order valence-corrected chi connectivity index (χ0v) is 14.1. The molecule has 2 heterocycles. The quantitative estimate of drug-likeness (QED) is 0.618. The third-order valence-electron chi connectivity index (χ3n) is 4.21. The number of carbonyl (C=O) groups is 1. The van der Waals surface area contributed by atoms with Gasteiger partial charge in [0.05, 0.1) is 12.2 Å². The Labute approximate surface area is 146 Å². The molecule has 2 unspecified atom stereocenters. The number of hydrogen-bond acceptors (Lipinski definition) is 5. The first-order valence-electron chi connectivity index (χ1n) is 8.42. The molecular formula is C19H21FN2O3. The van der Waals surface area contributed by atoms with Gasteiger partial charge in [-0.25, -0.2) is 9.78 Å². The van der Waals surface area contributed by atoms with E-state index < -0.39 is 18.0 Å². The number of rotatable bonds is 7. The van der Waals surface area contributed by atoms with Gasteiger partial charge in [-0.05, 0) is 31.0 Å². The van der Waals surface area contributed by atoms with Crippen LogP contribution in [0.15, 0.2) is 42.6 Å². The summed E-state index contributed by atoms with van der Waals surface area (Å²) in [6.07, 6.45) is 1.83. The van der Waals surface area contributed by atoms with Gasteiger partial charge in [0.2, 0.25) is 12.1 Å². The fourth-order valence-corrected chi connectivity index (χ4v) is 2.61. The number of esters is 1. The molecular weight excluding hydrogens is 323 g/mol. The van der Waals surface area contributed by atoms with Crippen LogP contribution in [0.5, 0.6) is 5.75 Å². The summed E-state index contributed by atoms with van der Waals surface area (Å²) in [6, 6.07) is 10.9. The van der Waals surface area contributed by atoms with Crippen molar-refractivity contribution in [3.8, 4) is 5.75 Å². The highest BCUT2D eigenvalue weighted by molar-refractivity contribution is 5.76. The van der Waals surface area contributed by atoms with Crippen molar-refractivity contribution in [3.63, 3.8) is 0 Å². The molecule has 1 fully saturated rings. The number of hydrogen-bond donors (Lipinski definition) is 1. The van der Waals surface area contributed by atoms with Crippen molar-refractivity contribution >= 4 is 5.97 Å². The SMILES string of the molecule is CCc1cc(OC(C(=O)OCc2ccccc2)C2CCN2)cnc1F. The average Bonchev–Trinajstić information content (AvgIpc) is 2.60. The fraction of sp³-hybridized carbons (Fsp3) is 0.368. The Kier molecular flexibility index (Phi) is 5.60. The van der Waals surface area contributed by atoms with E-state index in [9.17, 15) is 9.18 Å². The van der Waals surface area contributed by atoms with E-state index in [-0.39, 0.29) is 12.6 Å². The van der Waals surface area contributed by atoms with Crippen molar-refractivity contribution in [2.75, 3.05) is 6.54 Å². The van der Waals surface area contributed by atoms with Crippen molar-refractivity contribution in [2.45, 2.75) is 38.5 Å². The summed E-state index contributed by atoms with van der Waals surface area (Å²) in [5.74, 6) is -0.586. The standard InChI is InChI=1S/C19H21FN2O3/c1-2-14-10-15(11-22-18(14)20)25-17(16-8-9-21-16)19(23)24-12-13-6-4-3-5-7-13/h3-7,10-11,16-17,21H,2,8-9,12H2,1H3. The van der Waals surface area contributed by atoms with E-state index in [0.29, 0.717) is 17.7 Å². The molecule has 2 aromatic rings. The average molecular weight is 344 g/mol. The minimum atomic E-state index is -0.783. The smallest absolute Gasteiger partial charge is 0.349 e. The monoisotopic (exact) mass is 344 g/mol. The minimum absolute atomic E-state index is 0.113. The Morgan fingerprint density at radius 3 is 2.80 bits per heavy atom. The molecule has 1 aromatic carbocycles. The molecule has 1 aliphatic heterocycles. The van der Waals surface area contributed by atoms with Crippen LogP contribution in [0.1, 0.15) is 24.5 Å². The number of aromatic nitrogens is 1. The molecule has 1 N–H and O–H groups in total. The van der Waals surface area contributed by atoms with E-state index >= 15 is 0 Å². The topological polar surface area (TPSA) is 60.5 Å². The van der Waals surface area contributed by atoms with Crippen LogP contribution in [0.4, 0.5) is 4.39 Å². The van der Waals surface area contributed by atoms with E-state index in [2.05, 4.69) is 10.3 Å². The van der Waals surface area contributed by atoms with Gasteiger partial charge in [0.1, 0.15) is 12.4 Å². The maximum Gasteiger partial charge on any atom is 0.349 e. The second-order valence-electron chi connectivity index (χ2n) is 5.96. The van der Waals surface area contributed by atoms with E-state index in [1.54, 1.807) is 6.07 Å². The predicted molar refractivity (Wildman–Crippen MR) is 90.6 cm³/mol. The van der Waals surface area contributed by atoms with Gasteiger partial charge in [0.25, 0.3) is 0 Å². The second kappa shape index (κ2) is 8.07. The third kappa shape index (κ3) is 4.33. The normalized spacial score (nSPS) is 17.4. The number of benzene rings is 1. The van der Waals surface area contributed by atoms with Gasteiger partial charge in [-0.15, -0.1) is 0 Å². The molecule has 3 rings (SSSR count). The van der Waals surface area contributed by atoms with Gasteiger partial charge in [0.15, 0.2) is 0 Å². The first-order chi connectivity index (χ1) is 12.2. The number of carbonyl (C=O) groups excluding carboxylic acids is 1. The summed E-state index contributed by atoms with van der Waals surface area (Å²) in [5, 5.41) is 3.16. The molecule has 1 aromatic heterocycles. The summed E-state index contributed by atoms with van der Waals surface area (Å²) in [6.45, 7) is 2.86. The van der Waals surface area contributed by atoms with Crippen LogP contribution in [0, 0.1) is 5.95 Å². The van der Waals surface area contributed by atoms with Crippen LogP contribution >= 0.6 is 0 Å². The maximum atomic E-state index is 13.5. The lowest BCUT2D eigenvalue weighted by molar-refractivity contribution is -0.155. The van der Waals surface area contributed by atoms with Gasteiger partial charge < -0.3 is 14.8 Å². The lowest BCUT2D eigenvalue weighted by Gasteiger charge is -2.33. The first kappa shape index (κ1) is 17.4. The van der Waals surface area contributed by atoms with Crippen LogP contribution in [-0.2, 0) is 22.6 Å². The van der Waals surface area contributed by atoms with E-state index in [1.165, 1.54) is 6.20 Å². The van der Waals surface area contributed by atoms with Crippen LogP contribution < -0.4 is 10.1 Å². The highest BCUT2D eigenvalue weighted by atomic mass is 19.1. The number of nitrogens with zero attached hydrogens (tertiary/aromatic N) is 1. The molecule has 132 valence electrons. The van der Waals surface area contributed by atoms with Crippen molar-refractivity contribution in [1.82, 2.24) is 10.3 Å². The largest absolute Gasteiger partial charge is 0.475 e. The Morgan fingerprint density at radius 2 is 2.16 bits per heavy atom. The maximum absolute atomic E-state index is 13.5. The zero-order chi connectivity index (χ0) is 17.6. The molecule has 2 atom stereocenters. The molecule has 1 aliphatic rings. The molecule has 0 spiro atoms. The molecule has 0 radical (unpaired) electrons. The highest BCUT2D eigenvalue weighted by Gasteiger charge is 2.35. The number of nitrogens with one attached hydrogen (secondary N) is 1. The summed E-state index contributed by atoms with van der Waals surface area (Å²) in [7, 11) is 0. The van der Waals surface area contributed by atoms with Crippen LogP contribution in [0.3, 0.4) is 0 Å². The first-order valence-corrected chi connectivity index (χ1v) is 8.42. The second-order valence-corrected chi connectivity index (χ2v) is 5.96. The molecule has 0 amide bonds. The number of ether oxygens (including phenoxy) is 2. The molecule has 1 saturated heterocycles. The van der Waals surface area contributed by atoms with Gasteiger partial charge in [-0.2, -0.15) is 4.39 Å². The number of halogens is 1. The Bertz CT molecular complexity index is 720. The Morgan fingerprint density at radius 1 is 1.40 bits per heavy atom. The van der Waals surface area contributed by atoms with Crippen molar-refractivity contribution < 1.29 is 18.7 Å². The molecule has 5 nitrogen and oxygen atoms in total. The van der Waals surface area contributed by atoms with Gasteiger partial charge in [-0.3, -0.25) is 0 Å². The molecule has 6 heteroatoms. The highest BCUT2D eigenvalue weighted by Crippen LogP contribution is 2.20. The Hall–Kier alpha value is -2.47. The Balaban J connectivity index is 1.68. The van der Waals surface area contributed by atoms with Crippen LogP contribution in [0.2, 0.25) is 0 Å². The van der Waals surface area contributed by atoms with E-state index in [1.807, 2.05) is 37.3 Å². The van der Waals surface area contributed by atoms with Crippen molar-refractivity contribution in [3.05, 3.63) is 59.7 Å². The van der Waals surface area contributed by atoms with Crippen molar-refractivity contribution in [2.24, 2.45) is 0 Å². The molecule has 25 heavy (non-hydrogen) atoms. The lowest BCUT2D eigenvalue weighted by Crippen LogP contribution is -2.56. The van der Waals surface area contributed by atoms with Crippen LogP contribution in [0.25, 0.3) is 0 Å². The van der Waals surface area contributed by atoms with E-state index in [0.717, 1.165) is 18.5 Å².